The molecular weight excluding hydrogens is 258 g/mol. The minimum absolute atomic E-state index is 0.484. The third-order valence-electron chi connectivity index (χ3n) is 3.66. The first-order valence-electron chi connectivity index (χ1n) is 7.74. The molecule has 0 aliphatic carbocycles. The molecule has 0 radical (unpaired) electrons. The summed E-state index contributed by atoms with van der Waals surface area (Å²) in [6.07, 6.45) is 0. The summed E-state index contributed by atoms with van der Waals surface area (Å²) in [7, 11) is 0. The SMILES string of the molecule is CCN(CCOc1ccccc1C(C)C)c1ccccc1. The molecule has 0 N–H and O–H groups in total. The van der Waals surface area contributed by atoms with Gasteiger partial charge in [0.25, 0.3) is 0 Å². The van der Waals surface area contributed by atoms with E-state index < -0.39 is 0 Å². The Morgan fingerprint density at radius 1 is 0.952 bits per heavy atom. The number of ether oxygens (including phenoxy) is 1. The van der Waals surface area contributed by atoms with Crippen molar-refractivity contribution in [1.82, 2.24) is 0 Å². The van der Waals surface area contributed by atoms with Crippen LogP contribution in [0, 0.1) is 0 Å². The van der Waals surface area contributed by atoms with Gasteiger partial charge in [0.1, 0.15) is 12.4 Å². The fraction of sp³-hybridized carbons (Fsp3) is 0.368. The van der Waals surface area contributed by atoms with Crippen LogP contribution in [0.3, 0.4) is 0 Å². The van der Waals surface area contributed by atoms with Crippen molar-refractivity contribution >= 4 is 5.69 Å². The van der Waals surface area contributed by atoms with Crippen molar-refractivity contribution in [1.29, 1.82) is 0 Å². The molecule has 0 fully saturated rings. The number of anilines is 1. The van der Waals surface area contributed by atoms with Crippen LogP contribution in [0.2, 0.25) is 0 Å². The Labute approximate surface area is 128 Å². The zero-order valence-corrected chi connectivity index (χ0v) is 13.3. The van der Waals surface area contributed by atoms with Gasteiger partial charge in [0.2, 0.25) is 0 Å². The van der Waals surface area contributed by atoms with E-state index in [1.165, 1.54) is 11.3 Å². The number of rotatable bonds is 7. The van der Waals surface area contributed by atoms with Gasteiger partial charge in [-0.25, -0.2) is 0 Å². The van der Waals surface area contributed by atoms with Crippen molar-refractivity contribution < 1.29 is 4.74 Å². The summed E-state index contributed by atoms with van der Waals surface area (Å²) in [6, 6.07) is 18.8. The Bertz CT molecular complexity index is 536. The molecule has 0 saturated carbocycles. The normalized spacial score (nSPS) is 10.7. The van der Waals surface area contributed by atoms with E-state index in [1.807, 2.05) is 12.1 Å². The number of benzene rings is 2. The van der Waals surface area contributed by atoms with Crippen LogP contribution in [0.4, 0.5) is 5.69 Å². The van der Waals surface area contributed by atoms with Gasteiger partial charge in [-0.3, -0.25) is 0 Å². The minimum atomic E-state index is 0.484. The van der Waals surface area contributed by atoms with Crippen molar-refractivity contribution in [3.8, 4) is 5.75 Å². The molecule has 2 nitrogen and oxygen atoms in total. The minimum Gasteiger partial charge on any atom is -0.491 e. The molecule has 0 aliphatic rings. The van der Waals surface area contributed by atoms with E-state index in [9.17, 15) is 0 Å². The maximum absolute atomic E-state index is 6.01. The number of likely N-dealkylation sites (N-methyl/N-ethyl adjacent to an activating group) is 1. The van der Waals surface area contributed by atoms with Crippen molar-refractivity contribution in [2.75, 3.05) is 24.6 Å². The second-order valence-corrected chi connectivity index (χ2v) is 5.46. The molecule has 0 saturated heterocycles. The lowest BCUT2D eigenvalue weighted by Gasteiger charge is -2.23. The van der Waals surface area contributed by atoms with Crippen molar-refractivity contribution in [3.63, 3.8) is 0 Å². The van der Waals surface area contributed by atoms with Gasteiger partial charge in [-0.2, -0.15) is 0 Å². The van der Waals surface area contributed by atoms with Gasteiger partial charge in [0, 0.05) is 12.2 Å². The highest BCUT2D eigenvalue weighted by molar-refractivity contribution is 5.45. The van der Waals surface area contributed by atoms with Crippen LogP contribution in [-0.4, -0.2) is 19.7 Å². The average molecular weight is 283 g/mol. The molecule has 2 aromatic rings. The average Bonchev–Trinajstić information content (AvgIpc) is 2.52. The molecule has 0 bridgehead atoms. The lowest BCUT2D eigenvalue weighted by atomic mass is 10.0. The van der Waals surface area contributed by atoms with E-state index in [2.05, 4.69) is 68.1 Å². The highest BCUT2D eigenvalue weighted by atomic mass is 16.5. The Hall–Kier alpha value is -1.96. The lowest BCUT2D eigenvalue weighted by molar-refractivity contribution is 0.319. The summed E-state index contributed by atoms with van der Waals surface area (Å²) < 4.78 is 6.01. The first-order chi connectivity index (χ1) is 10.2. The lowest BCUT2D eigenvalue weighted by Crippen LogP contribution is -2.28. The third kappa shape index (κ3) is 4.25. The number of hydrogen-bond donors (Lipinski definition) is 0. The Morgan fingerprint density at radius 3 is 2.29 bits per heavy atom. The largest absolute Gasteiger partial charge is 0.491 e. The summed E-state index contributed by atoms with van der Waals surface area (Å²) in [5, 5.41) is 0. The molecule has 2 rings (SSSR count). The van der Waals surface area contributed by atoms with Gasteiger partial charge in [-0.1, -0.05) is 50.2 Å². The zero-order chi connectivity index (χ0) is 15.1. The fourth-order valence-electron chi connectivity index (χ4n) is 2.46. The Kier molecular flexibility index (Phi) is 5.68. The molecule has 2 heteroatoms. The standard InChI is InChI=1S/C19H25NO/c1-4-20(17-10-6-5-7-11-17)14-15-21-19-13-9-8-12-18(19)16(2)3/h5-13,16H,4,14-15H2,1-3H3. The molecule has 0 amide bonds. The van der Waals surface area contributed by atoms with Crippen molar-refractivity contribution in [2.24, 2.45) is 0 Å². The van der Waals surface area contributed by atoms with Crippen LogP contribution >= 0.6 is 0 Å². The monoisotopic (exact) mass is 283 g/mol. The molecular formula is C19H25NO. The van der Waals surface area contributed by atoms with E-state index in [-0.39, 0.29) is 0 Å². The van der Waals surface area contributed by atoms with Crippen LogP contribution in [0.1, 0.15) is 32.3 Å². The molecule has 0 spiro atoms. The summed E-state index contributed by atoms with van der Waals surface area (Å²) in [4.78, 5) is 2.33. The molecule has 0 aliphatic heterocycles. The van der Waals surface area contributed by atoms with Crippen LogP contribution < -0.4 is 9.64 Å². The first-order valence-corrected chi connectivity index (χ1v) is 7.74. The number of para-hydroxylation sites is 2. The molecule has 0 atom stereocenters. The smallest absolute Gasteiger partial charge is 0.122 e. The molecule has 0 heterocycles. The van der Waals surface area contributed by atoms with E-state index in [1.54, 1.807) is 0 Å². The van der Waals surface area contributed by atoms with Gasteiger partial charge in [-0.15, -0.1) is 0 Å². The maximum atomic E-state index is 6.01. The predicted octanol–water partition coefficient (Wildman–Crippen LogP) is 4.72. The van der Waals surface area contributed by atoms with Gasteiger partial charge >= 0.3 is 0 Å². The van der Waals surface area contributed by atoms with Gasteiger partial charge in [0.15, 0.2) is 0 Å². The van der Waals surface area contributed by atoms with Gasteiger partial charge < -0.3 is 9.64 Å². The second kappa shape index (κ2) is 7.72. The van der Waals surface area contributed by atoms with E-state index in [0.29, 0.717) is 12.5 Å². The fourth-order valence-corrected chi connectivity index (χ4v) is 2.46. The third-order valence-corrected chi connectivity index (χ3v) is 3.66. The van der Waals surface area contributed by atoms with Crippen LogP contribution in [-0.2, 0) is 0 Å². The maximum Gasteiger partial charge on any atom is 0.122 e. The zero-order valence-electron chi connectivity index (χ0n) is 13.3. The Morgan fingerprint density at radius 2 is 1.62 bits per heavy atom. The molecule has 112 valence electrons. The summed E-state index contributed by atoms with van der Waals surface area (Å²) in [5.74, 6) is 1.49. The van der Waals surface area contributed by atoms with E-state index in [4.69, 9.17) is 4.74 Å². The van der Waals surface area contributed by atoms with Crippen LogP contribution in [0.25, 0.3) is 0 Å². The highest BCUT2D eigenvalue weighted by Gasteiger charge is 2.08. The first kappa shape index (κ1) is 15.4. The summed E-state index contributed by atoms with van der Waals surface area (Å²) in [6.45, 7) is 9.16. The number of nitrogens with zero attached hydrogens (tertiary/aromatic N) is 1. The second-order valence-electron chi connectivity index (χ2n) is 5.46. The molecule has 2 aromatic carbocycles. The summed E-state index contributed by atoms with van der Waals surface area (Å²) >= 11 is 0. The van der Waals surface area contributed by atoms with Crippen LogP contribution in [0.5, 0.6) is 5.75 Å². The number of hydrogen-bond acceptors (Lipinski definition) is 2. The predicted molar refractivity (Wildman–Crippen MR) is 90.4 cm³/mol. The van der Waals surface area contributed by atoms with Crippen LogP contribution in [0.15, 0.2) is 54.6 Å². The van der Waals surface area contributed by atoms with Crippen molar-refractivity contribution in [2.45, 2.75) is 26.7 Å². The summed E-state index contributed by atoms with van der Waals surface area (Å²) in [5.41, 5.74) is 2.53. The molecule has 0 unspecified atom stereocenters. The molecule has 0 aromatic heterocycles. The van der Waals surface area contributed by atoms with Gasteiger partial charge in [0.05, 0.1) is 6.54 Å². The van der Waals surface area contributed by atoms with Crippen molar-refractivity contribution in [3.05, 3.63) is 60.2 Å². The van der Waals surface area contributed by atoms with Gasteiger partial charge in [-0.05, 0) is 36.6 Å². The quantitative estimate of drug-likeness (QED) is 0.729. The van der Waals surface area contributed by atoms with E-state index >= 15 is 0 Å². The molecule has 21 heavy (non-hydrogen) atoms. The Balaban J connectivity index is 1.95. The highest BCUT2D eigenvalue weighted by Crippen LogP contribution is 2.25. The topological polar surface area (TPSA) is 12.5 Å². The van der Waals surface area contributed by atoms with E-state index in [0.717, 1.165) is 18.8 Å².